The van der Waals surface area contributed by atoms with Crippen molar-refractivity contribution in [1.82, 2.24) is 9.78 Å². The highest BCUT2D eigenvalue weighted by Gasteiger charge is 2.19. The molecule has 0 fully saturated rings. The Balaban J connectivity index is 2.32. The SMILES string of the molecule is Cc1ccccc1-c1nn(C)c(N)c1-c1ccccc1Cl. The van der Waals surface area contributed by atoms with Crippen LogP contribution in [0.5, 0.6) is 0 Å². The largest absolute Gasteiger partial charge is 0.383 e. The Hall–Kier alpha value is -2.26. The molecule has 1 heterocycles. The fourth-order valence-corrected chi connectivity index (χ4v) is 2.72. The highest BCUT2D eigenvalue weighted by molar-refractivity contribution is 6.33. The van der Waals surface area contributed by atoms with E-state index in [1.165, 1.54) is 0 Å². The van der Waals surface area contributed by atoms with Crippen LogP contribution in [0.15, 0.2) is 48.5 Å². The number of aromatic nitrogens is 2. The van der Waals surface area contributed by atoms with E-state index in [1.807, 2.05) is 43.4 Å². The van der Waals surface area contributed by atoms with Crippen LogP contribution in [0.1, 0.15) is 5.56 Å². The zero-order valence-electron chi connectivity index (χ0n) is 12.0. The average Bonchev–Trinajstić information content (AvgIpc) is 2.76. The van der Waals surface area contributed by atoms with Gasteiger partial charge in [0.25, 0.3) is 0 Å². The van der Waals surface area contributed by atoms with Crippen LogP contribution in [0.4, 0.5) is 5.82 Å². The molecule has 0 radical (unpaired) electrons. The van der Waals surface area contributed by atoms with Gasteiger partial charge in [-0.15, -0.1) is 0 Å². The summed E-state index contributed by atoms with van der Waals surface area (Å²) in [5.41, 5.74) is 11.1. The quantitative estimate of drug-likeness (QED) is 0.766. The molecular formula is C17H16ClN3. The van der Waals surface area contributed by atoms with Gasteiger partial charge in [-0.2, -0.15) is 5.10 Å². The van der Waals surface area contributed by atoms with Crippen LogP contribution in [-0.4, -0.2) is 9.78 Å². The number of benzene rings is 2. The molecule has 106 valence electrons. The molecule has 0 aliphatic heterocycles. The Morgan fingerprint density at radius 2 is 1.62 bits per heavy atom. The third-order valence-corrected chi connectivity index (χ3v) is 3.96. The number of halogens is 1. The Labute approximate surface area is 129 Å². The standard InChI is InChI=1S/C17H16ClN3/c1-11-7-3-4-8-12(11)16-15(17(19)21(2)20-16)13-9-5-6-10-14(13)18/h3-10H,19H2,1-2H3. The first kappa shape index (κ1) is 13.7. The van der Waals surface area contributed by atoms with E-state index in [9.17, 15) is 0 Å². The molecule has 0 saturated heterocycles. The zero-order valence-corrected chi connectivity index (χ0v) is 12.7. The first-order valence-electron chi connectivity index (χ1n) is 6.73. The molecule has 4 heteroatoms. The van der Waals surface area contributed by atoms with Crippen molar-refractivity contribution >= 4 is 17.4 Å². The molecule has 3 rings (SSSR count). The normalized spacial score (nSPS) is 10.8. The number of hydrogen-bond donors (Lipinski definition) is 1. The van der Waals surface area contributed by atoms with Crippen molar-refractivity contribution in [3.8, 4) is 22.4 Å². The Morgan fingerprint density at radius 1 is 1.00 bits per heavy atom. The molecule has 1 aromatic heterocycles. The topological polar surface area (TPSA) is 43.8 Å². The fraction of sp³-hybridized carbons (Fsp3) is 0.118. The molecule has 0 saturated carbocycles. The molecule has 0 aliphatic rings. The van der Waals surface area contributed by atoms with E-state index in [-0.39, 0.29) is 0 Å². The van der Waals surface area contributed by atoms with Gasteiger partial charge in [-0.25, -0.2) is 0 Å². The van der Waals surface area contributed by atoms with Crippen molar-refractivity contribution in [3.05, 3.63) is 59.1 Å². The number of nitrogen functional groups attached to an aromatic ring is 1. The van der Waals surface area contributed by atoms with Crippen molar-refractivity contribution in [1.29, 1.82) is 0 Å². The summed E-state index contributed by atoms with van der Waals surface area (Å²) < 4.78 is 1.69. The summed E-state index contributed by atoms with van der Waals surface area (Å²) in [5, 5.41) is 5.26. The molecular weight excluding hydrogens is 282 g/mol. The van der Waals surface area contributed by atoms with E-state index < -0.39 is 0 Å². The monoisotopic (exact) mass is 297 g/mol. The Kier molecular flexibility index (Phi) is 3.43. The van der Waals surface area contributed by atoms with Gasteiger partial charge in [0, 0.05) is 23.2 Å². The maximum Gasteiger partial charge on any atom is 0.129 e. The summed E-state index contributed by atoms with van der Waals surface area (Å²) in [6, 6.07) is 15.8. The smallest absolute Gasteiger partial charge is 0.129 e. The highest BCUT2D eigenvalue weighted by atomic mass is 35.5. The van der Waals surface area contributed by atoms with Crippen molar-refractivity contribution < 1.29 is 0 Å². The third-order valence-electron chi connectivity index (χ3n) is 3.63. The van der Waals surface area contributed by atoms with E-state index >= 15 is 0 Å². The van der Waals surface area contributed by atoms with Gasteiger partial charge in [-0.3, -0.25) is 4.68 Å². The second kappa shape index (κ2) is 5.26. The minimum Gasteiger partial charge on any atom is -0.383 e. The van der Waals surface area contributed by atoms with Crippen LogP contribution in [0.25, 0.3) is 22.4 Å². The Bertz CT molecular complexity index is 806. The fourth-order valence-electron chi connectivity index (χ4n) is 2.49. The molecule has 2 aromatic carbocycles. The number of nitrogens with two attached hydrogens (primary N) is 1. The van der Waals surface area contributed by atoms with Gasteiger partial charge in [0.15, 0.2) is 0 Å². The van der Waals surface area contributed by atoms with Crippen LogP contribution in [0.3, 0.4) is 0 Å². The number of rotatable bonds is 2. The summed E-state index contributed by atoms with van der Waals surface area (Å²) in [6.07, 6.45) is 0. The lowest BCUT2D eigenvalue weighted by Gasteiger charge is -2.08. The molecule has 0 unspecified atom stereocenters. The summed E-state index contributed by atoms with van der Waals surface area (Å²) in [4.78, 5) is 0. The first-order chi connectivity index (χ1) is 10.1. The molecule has 0 atom stereocenters. The lowest BCUT2D eigenvalue weighted by atomic mass is 9.98. The molecule has 0 bridgehead atoms. The van der Waals surface area contributed by atoms with E-state index in [0.717, 1.165) is 27.9 Å². The molecule has 0 amide bonds. The number of aryl methyl sites for hydroxylation is 2. The minimum atomic E-state index is 0.612. The molecule has 3 nitrogen and oxygen atoms in total. The van der Waals surface area contributed by atoms with Gasteiger partial charge in [-0.1, -0.05) is 54.1 Å². The van der Waals surface area contributed by atoms with Crippen LogP contribution in [0, 0.1) is 6.92 Å². The summed E-state index contributed by atoms with van der Waals surface area (Å²) >= 11 is 6.35. The molecule has 21 heavy (non-hydrogen) atoms. The van der Waals surface area contributed by atoms with Crippen molar-refractivity contribution in [3.63, 3.8) is 0 Å². The third kappa shape index (κ3) is 2.30. The van der Waals surface area contributed by atoms with Gasteiger partial charge < -0.3 is 5.73 Å². The summed E-state index contributed by atoms with van der Waals surface area (Å²) in [7, 11) is 1.84. The number of nitrogens with zero attached hydrogens (tertiary/aromatic N) is 2. The second-order valence-electron chi connectivity index (χ2n) is 5.03. The minimum absolute atomic E-state index is 0.612. The zero-order chi connectivity index (χ0) is 15.0. The van der Waals surface area contributed by atoms with E-state index in [1.54, 1.807) is 4.68 Å². The number of anilines is 1. The van der Waals surface area contributed by atoms with Crippen molar-refractivity contribution in [2.45, 2.75) is 6.92 Å². The van der Waals surface area contributed by atoms with Crippen molar-refractivity contribution in [2.75, 3.05) is 5.73 Å². The van der Waals surface area contributed by atoms with Gasteiger partial charge in [-0.05, 0) is 18.6 Å². The first-order valence-corrected chi connectivity index (χ1v) is 7.10. The van der Waals surface area contributed by atoms with E-state index in [2.05, 4.69) is 24.2 Å². The van der Waals surface area contributed by atoms with E-state index in [0.29, 0.717) is 10.8 Å². The van der Waals surface area contributed by atoms with Crippen LogP contribution in [-0.2, 0) is 7.05 Å². The van der Waals surface area contributed by atoms with Gasteiger partial charge in [0.1, 0.15) is 11.5 Å². The van der Waals surface area contributed by atoms with Crippen LogP contribution in [0.2, 0.25) is 5.02 Å². The maximum absolute atomic E-state index is 6.35. The molecule has 2 N–H and O–H groups in total. The van der Waals surface area contributed by atoms with Gasteiger partial charge in [0.2, 0.25) is 0 Å². The van der Waals surface area contributed by atoms with Crippen LogP contribution < -0.4 is 5.73 Å². The summed E-state index contributed by atoms with van der Waals surface area (Å²) in [5.74, 6) is 0.612. The average molecular weight is 298 g/mol. The van der Waals surface area contributed by atoms with Crippen LogP contribution >= 0.6 is 11.6 Å². The summed E-state index contributed by atoms with van der Waals surface area (Å²) in [6.45, 7) is 2.07. The lowest BCUT2D eigenvalue weighted by molar-refractivity contribution is 0.782. The Morgan fingerprint density at radius 3 is 2.29 bits per heavy atom. The van der Waals surface area contributed by atoms with Crippen molar-refractivity contribution in [2.24, 2.45) is 7.05 Å². The molecule has 0 spiro atoms. The van der Waals surface area contributed by atoms with Gasteiger partial charge >= 0.3 is 0 Å². The molecule has 0 aliphatic carbocycles. The second-order valence-corrected chi connectivity index (χ2v) is 5.43. The predicted molar refractivity (Wildman–Crippen MR) is 88.2 cm³/mol. The van der Waals surface area contributed by atoms with Gasteiger partial charge in [0.05, 0.1) is 5.56 Å². The lowest BCUT2D eigenvalue weighted by Crippen LogP contribution is -1.98. The maximum atomic E-state index is 6.35. The van der Waals surface area contributed by atoms with E-state index in [4.69, 9.17) is 17.3 Å². The highest BCUT2D eigenvalue weighted by Crippen LogP contribution is 2.39. The predicted octanol–water partition coefficient (Wildman–Crippen LogP) is 4.30. The molecule has 3 aromatic rings. The number of hydrogen-bond acceptors (Lipinski definition) is 2.